The first-order valence-corrected chi connectivity index (χ1v) is 5.59. The van der Waals surface area contributed by atoms with Crippen LogP contribution < -0.4 is 0 Å². The molecule has 1 N–H and O–H groups in total. The predicted molar refractivity (Wildman–Crippen MR) is 65.5 cm³/mol. The number of aliphatic carboxylic acids is 1. The van der Waals surface area contributed by atoms with E-state index in [9.17, 15) is 9.90 Å². The largest absolute Gasteiger partial charge is 0.481 e. The maximum Gasteiger partial charge on any atom is 0.307 e. The van der Waals surface area contributed by atoms with Crippen LogP contribution in [-0.4, -0.2) is 11.1 Å². The van der Waals surface area contributed by atoms with Crippen LogP contribution in [0.5, 0.6) is 0 Å². The van der Waals surface area contributed by atoms with E-state index in [0.717, 1.165) is 5.56 Å². The average molecular weight is 220 g/mol. The lowest BCUT2D eigenvalue weighted by Crippen LogP contribution is -2.30. The molecule has 0 heterocycles. The van der Waals surface area contributed by atoms with E-state index >= 15 is 0 Å². The minimum absolute atomic E-state index is 0.213. The Balaban J connectivity index is 2.89. The van der Waals surface area contributed by atoms with Crippen molar-refractivity contribution in [1.29, 1.82) is 0 Å². The number of aryl methyl sites for hydroxylation is 1. The summed E-state index contributed by atoms with van der Waals surface area (Å²) in [6, 6.07) is 8.05. The minimum Gasteiger partial charge on any atom is -0.481 e. The van der Waals surface area contributed by atoms with Crippen molar-refractivity contribution < 1.29 is 9.90 Å². The molecule has 0 aliphatic rings. The van der Waals surface area contributed by atoms with Crippen molar-refractivity contribution in [3.63, 3.8) is 0 Å². The van der Waals surface area contributed by atoms with E-state index < -0.39 is 5.97 Å². The Kier molecular flexibility index (Phi) is 3.74. The van der Waals surface area contributed by atoms with Gasteiger partial charge in [0, 0.05) is 0 Å². The first-order valence-electron chi connectivity index (χ1n) is 5.59. The Morgan fingerprint density at radius 2 is 2.00 bits per heavy atom. The summed E-state index contributed by atoms with van der Waals surface area (Å²) in [5.74, 6) is -1.05. The summed E-state index contributed by atoms with van der Waals surface area (Å²) in [4.78, 5) is 11.2. The lowest BCUT2D eigenvalue weighted by Gasteiger charge is -2.27. The second-order valence-corrected chi connectivity index (χ2v) is 5.45. The average Bonchev–Trinajstić information content (AvgIpc) is 2.12. The summed E-state index contributed by atoms with van der Waals surface area (Å²) >= 11 is 0. The number of rotatable bonds is 3. The molecule has 0 fully saturated rings. The van der Waals surface area contributed by atoms with Gasteiger partial charge in [-0.05, 0) is 24.3 Å². The smallest absolute Gasteiger partial charge is 0.307 e. The molecule has 0 radical (unpaired) electrons. The Morgan fingerprint density at radius 1 is 1.38 bits per heavy atom. The summed E-state index contributed by atoms with van der Waals surface area (Å²) < 4.78 is 0. The van der Waals surface area contributed by atoms with Gasteiger partial charge in [-0.15, -0.1) is 0 Å². The van der Waals surface area contributed by atoms with Crippen molar-refractivity contribution in [3.05, 3.63) is 35.4 Å². The summed E-state index contributed by atoms with van der Waals surface area (Å²) in [5.41, 5.74) is 2.06. The van der Waals surface area contributed by atoms with Crippen LogP contribution in [-0.2, 0) is 11.2 Å². The Labute approximate surface area is 97.3 Å². The minimum atomic E-state index is -0.714. The highest BCUT2D eigenvalue weighted by Crippen LogP contribution is 2.29. The summed E-state index contributed by atoms with van der Waals surface area (Å²) in [7, 11) is 0. The fourth-order valence-electron chi connectivity index (χ4n) is 1.84. The lowest BCUT2D eigenvalue weighted by atomic mass is 9.77. The van der Waals surface area contributed by atoms with Crippen LogP contribution >= 0.6 is 0 Å². The second-order valence-electron chi connectivity index (χ2n) is 5.45. The fourth-order valence-corrected chi connectivity index (χ4v) is 1.84. The van der Waals surface area contributed by atoms with E-state index in [0.29, 0.717) is 6.42 Å². The molecule has 0 saturated carbocycles. The van der Waals surface area contributed by atoms with Crippen molar-refractivity contribution in [2.75, 3.05) is 0 Å². The normalized spacial score (nSPS) is 13.5. The van der Waals surface area contributed by atoms with Crippen LogP contribution in [0.3, 0.4) is 0 Å². The molecular weight excluding hydrogens is 200 g/mol. The zero-order chi connectivity index (χ0) is 12.3. The number of carboxylic acid groups (broad SMARTS) is 1. The first-order chi connectivity index (χ1) is 7.30. The molecule has 0 aliphatic carbocycles. The van der Waals surface area contributed by atoms with Crippen LogP contribution in [0, 0.1) is 18.3 Å². The van der Waals surface area contributed by atoms with Crippen molar-refractivity contribution in [3.8, 4) is 0 Å². The molecule has 0 bridgehead atoms. The standard InChI is InChI=1S/C14H20O2/c1-10-6-5-7-11(8-10)9-12(13(15)16)14(2,3)4/h5-8,12H,9H2,1-4H3,(H,15,16)/t12-/m1/s1. The van der Waals surface area contributed by atoms with E-state index in [4.69, 9.17) is 0 Å². The molecule has 0 unspecified atom stereocenters. The molecule has 0 aliphatic heterocycles. The third-order valence-corrected chi connectivity index (χ3v) is 2.87. The van der Waals surface area contributed by atoms with Gasteiger partial charge in [-0.2, -0.15) is 0 Å². The van der Waals surface area contributed by atoms with Gasteiger partial charge in [0.2, 0.25) is 0 Å². The number of hydrogen-bond donors (Lipinski definition) is 1. The van der Waals surface area contributed by atoms with Gasteiger partial charge < -0.3 is 5.11 Å². The highest BCUT2D eigenvalue weighted by Gasteiger charge is 2.31. The molecule has 1 atom stereocenters. The Morgan fingerprint density at radius 3 is 2.44 bits per heavy atom. The molecule has 16 heavy (non-hydrogen) atoms. The predicted octanol–water partition coefficient (Wildman–Crippen LogP) is 3.28. The second kappa shape index (κ2) is 4.69. The molecule has 1 rings (SSSR count). The van der Waals surface area contributed by atoms with Crippen LogP contribution in [0.4, 0.5) is 0 Å². The van der Waals surface area contributed by atoms with Crippen molar-refractivity contribution in [2.24, 2.45) is 11.3 Å². The van der Waals surface area contributed by atoms with Gasteiger partial charge in [0.05, 0.1) is 5.92 Å². The van der Waals surface area contributed by atoms with Crippen LogP contribution in [0.25, 0.3) is 0 Å². The molecule has 0 aromatic heterocycles. The van der Waals surface area contributed by atoms with E-state index in [1.54, 1.807) is 0 Å². The maximum atomic E-state index is 11.2. The van der Waals surface area contributed by atoms with Gasteiger partial charge in [-0.25, -0.2) is 0 Å². The molecule has 88 valence electrons. The molecule has 1 aromatic rings. The molecule has 0 amide bonds. The highest BCUT2D eigenvalue weighted by molar-refractivity contribution is 5.71. The quantitative estimate of drug-likeness (QED) is 0.848. The first kappa shape index (κ1) is 12.8. The third kappa shape index (κ3) is 3.37. The number of carboxylic acids is 1. The monoisotopic (exact) mass is 220 g/mol. The van der Waals surface area contributed by atoms with Gasteiger partial charge in [-0.3, -0.25) is 4.79 Å². The molecule has 2 nitrogen and oxygen atoms in total. The number of carbonyl (C=O) groups is 1. The zero-order valence-electron chi connectivity index (χ0n) is 10.4. The van der Waals surface area contributed by atoms with Gasteiger partial charge >= 0.3 is 5.97 Å². The zero-order valence-corrected chi connectivity index (χ0v) is 10.4. The Bertz CT molecular complexity index is 375. The third-order valence-electron chi connectivity index (χ3n) is 2.87. The molecule has 2 heteroatoms. The molecule has 0 spiro atoms. The van der Waals surface area contributed by atoms with Crippen molar-refractivity contribution in [2.45, 2.75) is 34.1 Å². The molecular formula is C14H20O2. The van der Waals surface area contributed by atoms with E-state index in [-0.39, 0.29) is 11.3 Å². The molecule has 1 aromatic carbocycles. The topological polar surface area (TPSA) is 37.3 Å². The van der Waals surface area contributed by atoms with E-state index in [1.165, 1.54) is 5.56 Å². The van der Waals surface area contributed by atoms with Crippen LogP contribution in [0.1, 0.15) is 31.9 Å². The van der Waals surface area contributed by atoms with Crippen molar-refractivity contribution in [1.82, 2.24) is 0 Å². The van der Waals surface area contributed by atoms with Crippen molar-refractivity contribution >= 4 is 5.97 Å². The maximum absolute atomic E-state index is 11.2. The number of benzene rings is 1. The van der Waals surface area contributed by atoms with Gasteiger partial charge in [-0.1, -0.05) is 50.6 Å². The summed E-state index contributed by atoms with van der Waals surface area (Å²) in [6.07, 6.45) is 0.598. The SMILES string of the molecule is Cc1cccc(C[C@H](C(=O)O)C(C)(C)C)c1. The summed E-state index contributed by atoms with van der Waals surface area (Å²) in [6.45, 7) is 7.95. The van der Waals surface area contributed by atoms with Crippen LogP contribution in [0.2, 0.25) is 0 Å². The summed E-state index contributed by atoms with van der Waals surface area (Å²) in [5, 5.41) is 9.24. The van der Waals surface area contributed by atoms with Crippen LogP contribution in [0.15, 0.2) is 24.3 Å². The van der Waals surface area contributed by atoms with Gasteiger partial charge in [0.15, 0.2) is 0 Å². The highest BCUT2D eigenvalue weighted by atomic mass is 16.4. The van der Waals surface area contributed by atoms with Gasteiger partial charge in [0.1, 0.15) is 0 Å². The fraction of sp³-hybridized carbons (Fsp3) is 0.500. The molecule has 0 saturated heterocycles. The lowest BCUT2D eigenvalue weighted by molar-refractivity contribution is -0.145. The number of hydrogen-bond acceptors (Lipinski definition) is 1. The van der Waals surface area contributed by atoms with E-state index in [2.05, 4.69) is 6.07 Å². The van der Waals surface area contributed by atoms with E-state index in [1.807, 2.05) is 45.9 Å². The van der Waals surface area contributed by atoms with Gasteiger partial charge in [0.25, 0.3) is 0 Å². The Hall–Kier alpha value is -1.31.